The molecule has 1 saturated heterocycles. The molecule has 0 amide bonds. The molecule has 0 saturated carbocycles. The number of ether oxygens (including phenoxy) is 1. The van der Waals surface area contributed by atoms with Gasteiger partial charge in [-0.05, 0) is 79.9 Å². The van der Waals surface area contributed by atoms with Crippen LogP contribution in [-0.2, 0) is 17.8 Å². The van der Waals surface area contributed by atoms with E-state index < -0.39 is 5.97 Å². The standard InChI is InChI=1S/C23H27NO3S/c25-22(26)7-3-5-17-8-9-21-20(15-17)19(6-4-13-24-11-1-2-12-24)23-18(16-27-21)10-14-28-23/h6,8-10,14-15H,1-5,7,11-13,16H2,(H,25,26)/b19-6+. The first-order valence-electron chi connectivity index (χ1n) is 10.2. The summed E-state index contributed by atoms with van der Waals surface area (Å²) in [5.74, 6) is 0.196. The van der Waals surface area contributed by atoms with E-state index in [0.29, 0.717) is 13.0 Å². The molecule has 1 aromatic carbocycles. The summed E-state index contributed by atoms with van der Waals surface area (Å²) >= 11 is 1.78. The molecule has 0 unspecified atom stereocenters. The first-order chi connectivity index (χ1) is 13.7. The largest absolute Gasteiger partial charge is 0.488 e. The first-order valence-corrected chi connectivity index (χ1v) is 11.1. The SMILES string of the molecule is O=C(O)CCCc1ccc2c(c1)/C(=C\CCN1CCCC1)c1sccc1CO2. The van der Waals surface area contributed by atoms with Gasteiger partial charge in [-0.15, -0.1) is 11.3 Å². The van der Waals surface area contributed by atoms with E-state index in [1.165, 1.54) is 47.5 Å². The van der Waals surface area contributed by atoms with E-state index in [0.717, 1.165) is 30.7 Å². The second kappa shape index (κ2) is 8.93. The third kappa shape index (κ3) is 4.47. The Morgan fingerprint density at radius 1 is 1.25 bits per heavy atom. The van der Waals surface area contributed by atoms with E-state index in [2.05, 4.69) is 40.6 Å². The van der Waals surface area contributed by atoms with Gasteiger partial charge >= 0.3 is 5.97 Å². The molecular weight excluding hydrogens is 370 g/mol. The molecule has 1 aromatic heterocycles. The Morgan fingerprint density at radius 3 is 2.93 bits per heavy atom. The van der Waals surface area contributed by atoms with Crippen LogP contribution < -0.4 is 4.74 Å². The summed E-state index contributed by atoms with van der Waals surface area (Å²) in [7, 11) is 0. The number of thiophene rings is 1. The van der Waals surface area contributed by atoms with Gasteiger partial charge < -0.3 is 14.7 Å². The van der Waals surface area contributed by atoms with Gasteiger partial charge in [0.05, 0.1) is 0 Å². The first kappa shape index (κ1) is 19.2. The third-order valence-electron chi connectivity index (χ3n) is 5.56. The Morgan fingerprint density at radius 2 is 2.11 bits per heavy atom. The number of hydrogen-bond acceptors (Lipinski definition) is 4. The van der Waals surface area contributed by atoms with Gasteiger partial charge in [-0.1, -0.05) is 12.1 Å². The molecule has 0 spiro atoms. The van der Waals surface area contributed by atoms with Gasteiger partial charge in [0.15, 0.2) is 0 Å². The molecular formula is C23H27NO3S. The van der Waals surface area contributed by atoms with Crippen LogP contribution in [0.5, 0.6) is 5.75 Å². The summed E-state index contributed by atoms with van der Waals surface area (Å²) in [6, 6.07) is 8.49. The van der Waals surface area contributed by atoms with Crippen LogP contribution >= 0.6 is 11.3 Å². The number of fused-ring (bicyclic) bond motifs is 2. The fourth-order valence-electron chi connectivity index (χ4n) is 4.08. The van der Waals surface area contributed by atoms with Crippen molar-refractivity contribution in [3.05, 3.63) is 57.3 Å². The zero-order valence-corrected chi connectivity index (χ0v) is 17.0. The molecule has 2 aliphatic heterocycles. The lowest BCUT2D eigenvalue weighted by molar-refractivity contribution is -0.137. The summed E-state index contributed by atoms with van der Waals surface area (Å²) in [6.45, 7) is 4.16. The Bertz CT molecular complexity index is 864. The van der Waals surface area contributed by atoms with Crippen LogP contribution in [0.15, 0.2) is 35.7 Å². The number of hydrogen-bond donors (Lipinski definition) is 1. The lowest BCUT2D eigenvalue weighted by Crippen LogP contribution is -2.19. The molecule has 4 nitrogen and oxygen atoms in total. The van der Waals surface area contributed by atoms with Crippen LogP contribution in [0.3, 0.4) is 0 Å². The lowest BCUT2D eigenvalue weighted by Gasteiger charge is -2.14. The maximum Gasteiger partial charge on any atom is 0.303 e. The minimum atomic E-state index is -0.733. The van der Waals surface area contributed by atoms with E-state index in [1.807, 2.05) is 0 Å². The van der Waals surface area contributed by atoms with Crippen molar-refractivity contribution >= 4 is 22.9 Å². The Balaban J connectivity index is 1.59. The number of aliphatic carboxylic acids is 1. The highest BCUT2D eigenvalue weighted by molar-refractivity contribution is 7.11. The van der Waals surface area contributed by atoms with Gasteiger partial charge in [-0.25, -0.2) is 0 Å². The monoisotopic (exact) mass is 397 g/mol. The number of carboxylic acids is 1. The van der Waals surface area contributed by atoms with Crippen LogP contribution in [0.2, 0.25) is 0 Å². The minimum Gasteiger partial charge on any atom is -0.488 e. The average Bonchev–Trinajstić information content (AvgIpc) is 3.33. The molecule has 4 rings (SSSR count). The Hall–Kier alpha value is -2.11. The van der Waals surface area contributed by atoms with Gasteiger partial charge in [0, 0.05) is 29.0 Å². The van der Waals surface area contributed by atoms with E-state index in [1.54, 1.807) is 11.3 Å². The second-order valence-electron chi connectivity index (χ2n) is 7.60. The summed E-state index contributed by atoms with van der Waals surface area (Å²) in [5.41, 5.74) is 4.85. The molecule has 148 valence electrons. The molecule has 0 atom stereocenters. The number of benzene rings is 1. The lowest BCUT2D eigenvalue weighted by atomic mass is 9.97. The molecule has 28 heavy (non-hydrogen) atoms. The van der Waals surface area contributed by atoms with Crippen molar-refractivity contribution in [3.63, 3.8) is 0 Å². The van der Waals surface area contributed by atoms with Crippen LogP contribution in [0.4, 0.5) is 0 Å². The summed E-state index contributed by atoms with van der Waals surface area (Å²) in [5, 5.41) is 11.0. The predicted octanol–water partition coefficient (Wildman–Crippen LogP) is 4.97. The zero-order chi connectivity index (χ0) is 19.3. The van der Waals surface area contributed by atoms with Gasteiger partial charge in [-0.2, -0.15) is 0 Å². The van der Waals surface area contributed by atoms with Gasteiger partial charge in [-0.3, -0.25) is 4.79 Å². The Labute approximate surface area is 170 Å². The highest BCUT2D eigenvalue weighted by Crippen LogP contribution is 2.40. The zero-order valence-electron chi connectivity index (χ0n) is 16.2. The highest BCUT2D eigenvalue weighted by Gasteiger charge is 2.21. The predicted molar refractivity (Wildman–Crippen MR) is 113 cm³/mol. The highest BCUT2D eigenvalue weighted by atomic mass is 32.1. The molecule has 2 aromatic rings. The minimum absolute atomic E-state index is 0.210. The fraction of sp³-hybridized carbons (Fsp3) is 0.435. The van der Waals surface area contributed by atoms with Crippen LogP contribution in [0.1, 0.15) is 53.7 Å². The molecule has 3 heterocycles. The van der Waals surface area contributed by atoms with E-state index in [-0.39, 0.29) is 6.42 Å². The van der Waals surface area contributed by atoms with Crippen LogP contribution in [-0.4, -0.2) is 35.6 Å². The van der Waals surface area contributed by atoms with Gasteiger partial charge in [0.25, 0.3) is 0 Å². The number of aryl methyl sites for hydroxylation is 1. The second-order valence-corrected chi connectivity index (χ2v) is 8.51. The summed E-state index contributed by atoms with van der Waals surface area (Å²) < 4.78 is 6.10. The van der Waals surface area contributed by atoms with Crippen molar-refractivity contribution in [1.29, 1.82) is 0 Å². The average molecular weight is 398 g/mol. The molecule has 0 bridgehead atoms. The number of carboxylic acid groups (broad SMARTS) is 1. The number of rotatable bonds is 7. The summed E-state index contributed by atoms with van der Waals surface area (Å²) in [6.07, 6.45) is 7.70. The molecule has 5 heteroatoms. The van der Waals surface area contributed by atoms with E-state index >= 15 is 0 Å². The van der Waals surface area contributed by atoms with Crippen LogP contribution in [0.25, 0.3) is 5.57 Å². The molecule has 1 fully saturated rings. The molecule has 0 aliphatic carbocycles. The normalized spacial score (nSPS) is 17.8. The molecule has 0 radical (unpaired) electrons. The topological polar surface area (TPSA) is 49.8 Å². The van der Waals surface area contributed by atoms with Crippen molar-refractivity contribution in [2.24, 2.45) is 0 Å². The van der Waals surface area contributed by atoms with Crippen molar-refractivity contribution in [2.75, 3.05) is 19.6 Å². The smallest absolute Gasteiger partial charge is 0.303 e. The maximum absolute atomic E-state index is 10.8. The third-order valence-corrected chi connectivity index (χ3v) is 6.55. The molecule has 1 N–H and O–H groups in total. The van der Waals surface area contributed by atoms with Gasteiger partial charge in [0.1, 0.15) is 12.4 Å². The van der Waals surface area contributed by atoms with Crippen molar-refractivity contribution in [1.82, 2.24) is 4.90 Å². The fourth-order valence-corrected chi connectivity index (χ4v) is 5.04. The molecule has 2 aliphatic rings. The van der Waals surface area contributed by atoms with E-state index in [9.17, 15) is 4.79 Å². The van der Waals surface area contributed by atoms with Crippen molar-refractivity contribution in [3.8, 4) is 5.75 Å². The van der Waals surface area contributed by atoms with Crippen LogP contribution in [0, 0.1) is 0 Å². The Kier molecular flexibility index (Phi) is 6.13. The number of likely N-dealkylation sites (tertiary alicyclic amines) is 1. The van der Waals surface area contributed by atoms with Gasteiger partial charge in [0.2, 0.25) is 0 Å². The number of carbonyl (C=O) groups is 1. The quantitative estimate of drug-likeness (QED) is 0.717. The van der Waals surface area contributed by atoms with Crippen molar-refractivity contribution < 1.29 is 14.6 Å². The van der Waals surface area contributed by atoms with E-state index in [4.69, 9.17) is 9.84 Å². The summed E-state index contributed by atoms with van der Waals surface area (Å²) in [4.78, 5) is 14.7. The maximum atomic E-state index is 10.8. The van der Waals surface area contributed by atoms with Crippen molar-refractivity contribution in [2.45, 2.75) is 45.1 Å². The number of nitrogens with zero attached hydrogens (tertiary/aromatic N) is 1.